The van der Waals surface area contributed by atoms with Gasteiger partial charge in [0.1, 0.15) is 23.4 Å². The van der Waals surface area contributed by atoms with Crippen molar-refractivity contribution in [2.75, 3.05) is 46.3 Å². The maximum absolute atomic E-state index is 14.3. The molecule has 2 saturated heterocycles. The Kier molecular flexibility index (Phi) is 17.2. The number of aromatic nitrogens is 1. The highest BCUT2D eigenvalue weighted by molar-refractivity contribution is 9.11. The number of hydrogen-bond donors (Lipinski definition) is 6. The second kappa shape index (κ2) is 21.5. The Morgan fingerprint density at radius 3 is 2.14 bits per heavy atom. The van der Waals surface area contributed by atoms with Crippen LogP contribution in [0.25, 0.3) is 0 Å². The molecule has 17 heteroatoms. The molecule has 1 aromatic carbocycles. The molecule has 3 heterocycles. The van der Waals surface area contributed by atoms with Crippen LogP contribution in [0.2, 0.25) is 0 Å². The molecule has 2 aliphatic rings. The van der Waals surface area contributed by atoms with Gasteiger partial charge in [-0.1, -0.05) is 0 Å². The van der Waals surface area contributed by atoms with Crippen molar-refractivity contribution in [2.24, 2.45) is 0 Å². The zero-order valence-corrected chi connectivity index (χ0v) is 35.8. The van der Waals surface area contributed by atoms with Crippen LogP contribution in [0.1, 0.15) is 82.8 Å². The molecule has 0 radical (unpaired) electrons. The Balaban J connectivity index is 1.47. The first-order chi connectivity index (χ1) is 26.6. The summed E-state index contributed by atoms with van der Waals surface area (Å²) in [6.45, 7) is 7.81. The van der Waals surface area contributed by atoms with E-state index in [1.54, 1.807) is 62.1 Å². The number of pyridine rings is 1. The molecule has 6 amide bonds. The monoisotopic (exact) mass is 906 g/mol. The van der Waals surface area contributed by atoms with Gasteiger partial charge >= 0.3 is 12.1 Å². The van der Waals surface area contributed by atoms with E-state index in [9.17, 15) is 29.1 Å². The first-order valence-corrected chi connectivity index (χ1v) is 20.8. The van der Waals surface area contributed by atoms with Crippen LogP contribution >= 0.6 is 31.9 Å². The number of nitrogens with one attached hydrogen (secondary N) is 5. The number of carbonyl (C=O) groups is 5. The third-order valence-electron chi connectivity index (χ3n) is 9.93. The number of alkyl carbamates (subject to hydrolysis) is 1. The number of rotatable bonds is 15. The fourth-order valence-electron chi connectivity index (χ4n) is 6.83. The second-order valence-corrected chi connectivity index (χ2v) is 17.0. The first kappa shape index (κ1) is 44.8. The van der Waals surface area contributed by atoms with Gasteiger partial charge in [-0.05, 0) is 139 Å². The Morgan fingerprint density at radius 1 is 0.911 bits per heavy atom. The maximum Gasteiger partial charge on any atom is 0.407 e. The van der Waals surface area contributed by atoms with Gasteiger partial charge in [0.25, 0.3) is 0 Å². The lowest BCUT2D eigenvalue weighted by Crippen LogP contribution is -2.58. The predicted molar refractivity (Wildman–Crippen MR) is 219 cm³/mol. The average molecular weight is 909 g/mol. The number of urea groups is 1. The van der Waals surface area contributed by atoms with Crippen LogP contribution in [0.4, 0.5) is 9.59 Å². The molecule has 0 unspecified atom stereocenters. The molecular formula is C39H56Br2N8O7. The van der Waals surface area contributed by atoms with E-state index in [4.69, 9.17) is 4.74 Å². The fourth-order valence-corrected chi connectivity index (χ4v) is 8.11. The third-order valence-corrected chi connectivity index (χ3v) is 11.1. The normalized spacial score (nSPS) is 16.4. The van der Waals surface area contributed by atoms with Gasteiger partial charge in [-0.2, -0.15) is 0 Å². The van der Waals surface area contributed by atoms with Gasteiger partial charge in [-0.15, -0.1) is 0 Å². The van der Waals surface area contributed by atoms with E-state index >= 15 is 0 Å². The highest BCUT2D eigenvalue weighted by atomic mass is 79.9. The van der Waals surface area contributed by atoms with E-state index in [2.05, 4.69) is 63.4 Å². The van der Waals surface area contributed by atoms with Crippen LogP contribution in [-0.4, -0.2) is 120 Å². The van der Waals surface area contributed by atoms with Crippen molar-refractivity contribution in [1.29, 1.82) is 0 Å². The molecule has 2 atom stereocenters. The van der Waals surface area contributed by atoms with Gasteiger partial charge in [-0.25, -0.2) is 9.59 Å². The van der Waals surface area contributed by atoms with Crippen molar-refractivity contribution in [1.82, 2.24) is 41.4 Å². The summed E-state index contributed by atoms with van der Waals surface area (Å²) < 4.78 is 6.17. The number of nitrogens with zero attached hydrogens (tertiary/aromatic N) is 3. The average Bonchev–Trinajstić information content (AvgIpc) is 3.17. The van der Waals surface area contributed by atoms with E-state index in [0.717, 1.165) is 12.8 Å². The Labute approximate surface area is 346 Å². The number of piperidine rings is 2. The number of phenolic OH excluding ortho intramolecular Hbond substituents is 1. The molecule has 1 aromatic heterocycles. The van der Waals surface area contributed by atoms with Crippen molar-refractivity contribution in [2.45, 2.75) is 102 Å². The third kappa shape index (κ3) is 14.2. The summed E-state index contributed by atoms with van der Waals surface area (Å²) in [5.74, 6) is -0.522. The Hall–Kier alpha value is -3.96. The molecule has 6 N–H and O–H groups in total. The van der Waals surface area contributed by atoms with Crippen LogP contribution in [0.3, 0.4) is 0 Å². The molecule has 0 bridgehead atoms. The summed E-state index contributed by atoms with van der Waals surface area (Å²) in [5.41, 5.74) is 1.22. The van der Waals surface area contributed by atoms with Crippen molar-refractivity contribution < 1.29 is 33.8 Å². The quantitative estimate of drug-likeness (QED) is 0.141. The number of likely N-dealkylation sites (tertiary alicyclic amines) is 2. The summed E-state index contributed by atoms with van der Waals surface area (Å²) in [4.78, 5) is 73.6. The molecule has 0 saturated carbocycles. The van der Waals surface area contributed by atoms with E-state index in [1.165, 1.54) is 5.56 Å². The molecule has 2 aliphatic heterocycles. The molecule has 0 spiro atoms. The lowest BCUT2D eigenvalue weighted by molar-refractivity contribution is -0.138. The summed E-state index contributed by atoms with van der Waals surface area (Å²) in [7, 11) is 1.58. The molecule has 56 heavy (non-hydrogen) atoms. The number of carbonyl (C=O) groups excluding carboxylic acids is 5. The van der Waals surface area contributed by atoms with Gasteiger partial charge in [0.2, 0.25) is 17.7 Å². The molecule has 0 aliphatic carbocycles. The van der Waals surface area contributed by atoms with Gasteiger partial charge < -0.3 is 46.2 Å². The van der Waals surface area contributed by atoms with Crippen LogP contribution in [0, 0.1) is 0 Å². The van der Waals surface area contributed by atoms with Gasteiger partial charge in [0.05, 0.1) is 15.5 Å². The number of halogens is 2. The number of ether oxygens (including phenoxy) is 1. The summed E-state index contributed by atoms with van der Waals surface area (Å²) in [6, 6.07) is 5.10. The largest absolute Gasteiger partial charge is 0.506 e. The van der Waals surface area contributed by atoms with Crippen molar-refractivity contribution >= 4 is 61.7 Å². The van der Waals surface area contributed by atoms with Gasteiger partial charge in [0.15, 0.2) is 0 Å². The predicted octanol–water partition coefficient (Wildman–Crippen LogP) is 4.32. The first-order valence-electron chi connectivity index (χ1n) is 19.3. The maximum atomic E-state index is 14.3. The minimum Gasteiger partial charge on any atom is -0.506 e. The summed E-state index contributed by atoms with van der Waals surface area (Å²) in [6.07, 6.45) is 7.32. The molecule has 15 nitrogen and oxygen atoms in total. The van der Waals surface area contributed by atoms with Gasteiger partial charge in [0, 0.05) is 64.6 Å². The van der Waals surface area contributed by atoms with Crippen molar-refractivity contribution in [3.63, 3.8) is 0 Å². The number of amides is 6. The van der Waals surface area contributed by atoms with Crippen LogP contribution in [0.5, 0.6) is 5.75 Å². The van der Waals surface area contributed by atoms with Crippen molar-refractivity contribution in [3.8, 4) is 5.75 Å². The molecule has 2 fully saturated rings. The number of likely N-dealkylation sites (N-methyl/N-ethyl adjacent to an activating group) is 1. The number of aromatic hydroxyl groups is 1. The second-order valence-electron chi connectivity index (χ2n) is 15.3. The molecule has 308 valence electrons. The van der Waals surface area contributed by atoms with Crippen LogP contribution in [-0.2, 0) is 25.5 Å². The fraction of sp³-hybridized carbons (Fsp3) is 0.590. The van der Waals surface area contributed by atoms with Gasteiger partial charge in [-0.3, -0.25) is 19.4 Å². The van der Waals surface area contributed by atoms with Crippen molar-refractivity contribution in [3.05, 3.63) is 56.7 Å². The summed E-state index contributed by atoms with van der Waals surface area (Å²) >= 11 is 6.72. The van der Waals surface area contributed by atoms with E-state index < -0.39 is 35.7 Å². The standard InChI is InChI=1S/C39H56Br2N8O7/c1-39(2,3)56-38(55)44-14-6-5-7-31(36(53)48-17-10-27(11-18-48)26-8-15-43-16-9-26)46-35(52)32(23-25-21-29(40)34(51)30(41)22-25)47-37(54)49-19-12-28(13-20-49)45-24-33(50)42-4/h8-9,15-16,21-22,27-28,31-32,45,51H,5-7,10-14,17-20,23-24H2,1-4H3,(H,42,50)(H,44,55)(H,46,52)(H,47,54)/t31-,32-/m0/s1. The molecule has 2 aromatic rings. The zero-order chi connectivity index (χ0) is 40.8. The Bertz CT molecular complexity index is 1620. The lowest BCUT2D eigenvalue weighted by atomic mass is 9.89. The van der Waals surface area contributed by atoms with E-state index in [1.807, 2.05) is 12.1 Å². The lowest BCUT2D eigenvalue weighted by Gasteiger charge is -2.35. The Morgan fingerprint density at radius 2 is 1.54 bits per heavy atom. The topological polar surface area (TPSA) is 194 Å². The minimum absolute atomic E-state index is 0.00575. The highest BCUT2D eigenvalue weighted by Gasteiger charge is 2.33. The van der Waals surface area contributed by atoms with E-state index in [-0.39, 0.29) is 36.6 Å². The number of benzene rings is 1. The summed E-state index contributed by atoms with van der Waals surface area (Å²) in [5, 5.41) is 24.8. The van der Waals surface area contributed by atoms with Crippen LogP contribution in [0.15, 0.2) is 45.6 Å². The smallest absolute Gasteiger partial charge is 0.407 e. The van der Waals surface area contributed by atoms with Crippen LogP contribution < -0.4 is 26.6 Å². The number of phenols is 1. The zero-order valence-electron chi connectivity index (χ0n) is 32.7. The highest BCUT2D eigenvalue weighted by Crippen LogP contribution is 2.34. The molecular weight excluding hydrogens is 852 g/mol. The minimum atomic E-state index is -1.06. The SMILES string of the molecule is CNC(=O)CNC1CCN(C(=O)N[C@@H](Cc2cc(Br)c(O)c(Br)c2)C(=O)N[C@@H](CCCCNC(=O)OC(C)(C)C)C(=O)N2CCC(c3ccncc3)CC2)CC1. The number of unbranched alkanes of at least 4 members (excludes halogenated alkanes) is 1. The number of hydrogen-bond acceptors (Lipinski definition) is 9. The molecule has 4 rings (SSSR count). The van der Waals surface area contributed by atoms with E-state index in [0.29, 0.717) is 85.3 Å².